The van der Waals surface area contributed by atoms with Gasteiger partial charge in [-0.25, -0.2) is 0 Å². The minimum atomic E-state index is -1.47. The highest BCUT2D eigenvalue weighted by molar-refractivity contribution is 6.31. The number of hydrogen-bond acceptors (Lipinski definition) is 4. The first kappa shape index (κ1) is 18.2. The first-order chi connectivity index (χ1) is 11.8. The van der Waals surface area contributed by atoms with Crippen LogP contribution in [0.2, 0.25) is 5.02 Å². The van der Waals surface area contributed by atoms with E-state index >= 15 is 0 Å². The van der Waals surface area contributed by atoms with E-state index in [1.807, 2.05) is 6.92 Å². The van der Waals surface area contributed by atoms with Crippen molar-refractivity contribution in [3.05, 3.63) is 70.8 Å². The molecule has 0 atom stereocenters. The first-order valence-corrected chi connectivity index (χ1v) is 7.60. The molecule has 0 aromatic heterocycles. The van der Waals surface area contributed by atoms with Gasteiger partial charge in [-0.3, -0.25) is 9.59 Å². The second-order valence-corrected chi connectivity index (χ2v) is 5.57. The molecule has 2 N–H and O–H groups in total. The molecule has 2 aromatic carbocycles. The summed E-state index contributed by atoms with van der Waals surface area (Å²) in [7, 11) is 0. The average molecular weight is 358 g/mol. The maximum atomic E-state index is 12.4. The SMILES string of the molecule is Cc1ccc(Cl)cc1NC(=O)c1cccc(NC(=O)C=CC(=O)[O-])c1. The molecule has 0 saturated carbocycles. The van der Waals surface area contributed by atoms with E-state index in [-0.39, 0.29) is 5.91 Å². The molecule has 0 saturated heterocycles. The van der Waals surface area contributed by atoms with Gasteiger partial charge < -0.3 is 20.5 Å². The number of amides is 2. The van der Waals surface area contributed by atoms with Gasteiger partial charge in [0.05, 0.1) is 5.97 Å². The van der Waals surface area contributed by atoms with Gasteiger partial charge in [0, 0.05) is 28.0 Å². The fraction of sp³-hybridized carbons (Fsp3) is 0.0556. The molecule has 0 bridgehead atoms. The van der Waals surface area contributed by atoms with E-state index in [9.17, 15) is 19.5 Å². The smallest absolute Gasteiger partial charge is 0.255 e. The monoisotopic (exact) mass is 357 g/mol. The highest BCUT2D eigenvalue weighted by atomic mass is 35.5. The molecule has 0 fully saturated rings. The number of rotatable bonds is 5. The summed E-state index contributed by atoms with van der Waals surface area (Å²) in [5.41, 5.74) is 2.11. The van der Waals surface area contributed by atoms with Crippen LogP contribution in [0, 0.1) is 6.92 Å². The minimum Gasteiger partial charge on any atom is -0.545 e. The van der Waals surface area contributed by atoms with Crippen molar-refractivity contribution in [1.82, 2.24) is 0 Å². The second-order valence-electron chi connectivity index (χ2n) is 5.14. The van der Waals surface area contributed by atoms with Crippen molar-refractivity contribution in [1.29, 1.82) is 0 Å². The van der Waals surface area contributed by atoms with Gasteiger partial charge in [0.15, 0.2) is 0 Å². The Kier molecular flexibility index (Phi) is 5.92. The predicted octanol–water partition coefficient (Wildman–Crippen LogP) is 2.15. The highest BCUT2D eigenvalue weighted by Crippen LogP contribution is 2.21. The summed E-state index contributed by atoms with van der Waals surface area (Å²) >= 11 is 5.93. The van der Waals surface area contributed by atoms with Gasteiger partial charge in [-0.1, -0.05) is 23.7 Å². The van der Waals surface area contributed by atoms with Crippen LogP contribution in [-0.2, 0) is 9.59 Å². The molecule has 0 unspecified atom stereocenters. The van der Waals surface area contributed by atoms with Gasteiger partial charge >= 0.3 is 0 Å². The lowest BCUT2D eigenvalue weighted by atomic mass is 10.1. The van der Waals surface area contributed by atoms with Crippen molar-refractivity contribution in [3.8, 4) is 0 Å². The quantitative estimate of drug-likeness (QED) is 0.801. The third-order valence-corrected chi connectivity index (χ3v) is 3.45. The van der Waals surface area contributed by atoms with Gasteiger partial charge in [0.2, 0.25) is 5.91 Å². The molecule has 2 rings (SSSR count). The van der Waals surface area contributed by atoms with E-state index in [1.54, 1.807) is 36.4 Å². The van der Waals surface area contributed by atoms with E-state index in [0.717, 1.165) is 11.6 Å². The summed E-state index contributed by atoms with van der Waals surface area (Å²) in [4.78, 5) is 34.2. The summed E-state index contributed by atoms with van der Waals surface area (Å²) < 4.78 is 0. The molecule has 0 aliphatic heterocycles. The zero-order chi connectivity index (χ0) is 18.4. The average Bonchev–Trinajstić information content (AvgIpc) is 2.56. The Labute approximate surface area is 149 Å². The Morgan fingerprint density at radius 2 is 1.80 bits per heavy atom. The van der Waals surface area contributed by atoms with Crippen LogP contribution in [0.1, 0.15) is 15.9 Å². The van der Waals surface area contributed by atoms with Crippen molar-refractivity contribution in [2.45, 2.75) is 6.92 Å². The largest absolute Gasteiger partial charge is 0.545 e. The number of benzene rings is 2. The summed E-state index contributed by atoms with van der Waals surface area (Å²) in [5, 5.41) is 16.0. The number of hydrogen-bond donors (Lipinski definition) is 2. The summed E-state index contributed by atoms with van der Waals surface area (Å²) in [6, 6.07) is 11.4. The number of carboxylic acids is 1. The molecule has 0 radical (unpaired) electrons. The normalized spacial score (nSPS) is 10.5. The van der Waals surface area contributed by atoms with Crippen molar-refractivity contribution in [3.63, 3.8) is 0 Å². The lowest BCUT2D eigenvalue weighted by molar-refractivity contribution is -0.297. The Bertz CT molecular complexity index is 862. The standard InChI is InChI=1S/C18H15ClN2O4/c1-11-5-6-13(19)10-15(11)21-18(25)12-3-2-4-14(9-12)20-16(22)7-8-17(23)24/h2-10H,1H3,(H,20,22)(H,21,25)(H,23,24)/p-1. The summed E-state index contributed by atoms with van der Waals surface area (Å²) in [6.45, 7) is 1.84. The van der Waals surface area contributed by atoms with Gasteiger partial charge in [-0.05, 0) is 48.9 Å². The number of anilines is 2. The van der Waals surface area contributed by atoms with Gasteiger partial charge in [0.25, 0.3) is 5.91 Å². The number of carbonyl (C=O) groups is 3. The van der Waals surface area contributed by atoms with Gasteiger partial charge in [-0.15, -0.1) is 0 Å². The van der Waals surface area contributed by atoms with Crippen LogP contribution >= 0.6 is 11.6 Å². The van der Waals surface area contributed by atoms with Crippen LogP contribution < -0.4 is 15.7 Å². The van der Waals surface area contributed by atoms with Gasteiger partial charge in [-0.2, -0.15) is 0 Å². The Balaban J connectivity index is 2.12. The summed E-state index contributed by atoms with van der Waals surface area (Å²) in [5.74, 6) is -2.49. The van der Waals surface area contributed by atoms with E-state index in [0.29, 0.717) is 28.0 Å². The first-order valence-electron chi connectivity index (χ1n) is 7.23. The molecule has 7 heteroatoms. The molecule has 0 heterocycles. The van der Waals surface area contributed by atoms with E-state index in [4.69, 9.17) is 11.6 Å². The third-order valence-electron chi connectivity index (χ3n) is 3.21. The molecule has 0 aliphatic carbocycles. The molecule has 128 valence electrons. The molecular weight excluding hydrogens is 344 g/mol. The predicted molar refractivity (Wildman–Crippen MR) is 93.4 cm³/mol. The number of aliphatic carboxylic acids is 1. The Hall–Kier alpha value is -3.12. The zero-order valence-electron chi connectivity index (χ0n) is 13.2. The summed E-state index contributed by atoms with van der Waals surface area (Å²) in [6.07, 6.45) is 1.45. The number of nitrogens with one attached hydrogen (secondary N) is 2. The van der Waals surface area contributed by atoms with Crippen LogP contribution in [0.25, 0.3) is 0 Å². The lowest BCUT2D eigenvalue weighted by Crippen LogP contribution is -2.20. The van der Waals surface area contributed by atoms with Crippen LogP contribution in [0.5, 0.6) is 0 Å². The van der Waals surface area contributed by atoms with Crippen LogP contribution in [0.15, 0.2) is 54.6 Å². The van der Waals surface area contributed by atoms with Gasteiger partial charge in [0.1, 0.15) is 0 Å². The number of carbonyl (C=O) groups excluding carboxylic acids is 3. The lowest BCUT2D eigenvalue weighted by Gasteiger charge is -2.10. The molecular formula is C18H14ClN2O4-. The van der Waals surface area contributed by atoms with E-state index in [2.05, 4.69) is 10.6 Å². The molecule has 0 spiro atoms. The van der Waals surface area contributed by atoms with E-state index in [1.165, 1.54) is 6.07 Å². The third kappa shape index (κ3) is 5.47. The maximum absolute atomic E-state index is 12.4. The van der Waals surface area contributed by atoms with E-state index < -0.39 is 11.9 Å². The maximum Gasteiger partial charge on any atom is 0.255 e. The van der Waals surface area contributed by atoms with Crippen molar-refractivity contribution >= 4 is 40.8 Å². The zero-order valence-corrected chi connectivity index (χ0v) is 14.0. The molecule has 2 amide bonds. The van der Waals surface area contributed by atoms with Crippen LogP contribution in [0.3, 0.4) is 0 Å². The Morgan fingerprint density at radius 1 is 1.04 bits per heavy atom. The topological polar surface area (TPSA) is 98.3 Å². The highest BCUT2D eigenvalue weighted by Gasteiger charge is 2.09. The second kappa shape index (κ2) is 8.12. The molecule has 2 aromatic rings. The Morgan fingerprint density at radius 3 is 2.52 bits per heavy atom. The molecule has 6 nitrogen and oxygen atoms in total. The van der Waals surface area contributed by atoms with Crippen molar-refractivity contribution in [2.24, 2.45) is 0 Å². The molecule has 25 heavy (non-hydrogen) atoms. The van der Waals surface area contributed by atoms with Crippen molar-refractivity contribution in [2.75, 3.05) is 10.6 Å². The van der Waals surface area contributed by atoms with Crippen LogP contribution in [-0.4, -0.2) is 17.8 Å². The minimum absolute atomic E-state index is 0.320. The molecule has 0 aliphatic rings. The number of aryl methyl sites for hydroxylation is 1. The van der Waals surface area contributed by atoms with Crippen molar-refractivity contribution < 1.29 is 19.5 Å². The fourth-order valence-electron chi connectivity index (χ4n) is 1.99. The fourth-order valence-corrected chi connectivity index (χ4v) is 2.16. The number of carboxylic acid groups (broad SMARTS) is 1. The van der Waals surface area contributed by atoms with Crippen LogP contribution in [0.4, 0.5) is 11.4 Å². The number of halogens is 1.